The van der Waals surface area contributed by atoms with Crippen LogP contribution in [0.15, 0.2) is 27.6 Å². The summed E-state index contributed by atoms with van der Waals surface area (Å²) in [5.41, 5.74) is 0.208. The molecule has 2 fully saturated rings. The number of hydrogen-bond donors (Lipinski definition) is 2. The van der Waals surface area contributed by atoms with Crippen molar-refractivity contribution in [2.24, 2.45) is 5.92 Å². The van der Waals surface area contributed by atoms with Gasteiger partial charge < -0.3 is 14.6 Å². The van der Waals surface area contributed by atoms with Crippen molar-refractivity contribution in [2.45, 2.75) is 62.4 Å². The second-order valence-corrected chi connectivity index (χ2v) is 9.90. The number of sulfonamides is 1. The first-order valence-corrected chi connectivity index (χ1v) is 11.6. The Kier molecular flexibility index (Phi) is 5.54. The van der Waals surface area contributed by atoms with Crippen molar-refractivity contribution in [1.29, 1.82) is 0 Å². The minimum atomic E-state index is -3.79. The standard InChI is InChI=1S/C20H26N4O5S/c1-11(2)17(20-22-18(23-29-20)12-4-5-12)21-19(25)13-6-9-15(28-3)16(10-13)30(26,27)24-14-7-8-14/h6,9-12,14,17,24H,4-5,7-8H2,1-3H3,(H,21,25). The molecule has 2 aliphatic rings. The van der Waals surface area contributed by atoms with E-state index in [1.165, 1.54) is 25.3 Å². The second-order valence-electron chi connectivity index (χ2n) is 8.22. The Hall–Kier alpha value is -2.46. The highest BCUT2D eigenvalue weighted by Crippen LogP contribution is 2.38. The molecule has 4 rings (SSSR count). The van der Waals surface area contributed by atoms with E-state index in [1.54, 1.807) is 0 Å². The lowest BCUT2D eigenvalue weighted by Crippen LogP contribution is -2.32. The normalized spacial score (nSPS) is 17.7. The van der Waals surface area contributed by atoms with E-state index in [1.807, 2.05) is 13.8 Å². The molecule has 2 aliphatic carbocycles. The molecular weight excluding hydrogens is 408 g/mol. The molecular formula is C20H26N4O5S. The number of methoxy groups -OCH3 is 1. The fourth-order valence-electron chi connectivity index (χ4n) is 3.13. The molecule has 9 nitrogen and oxygen atoms in total. The first-order valence-electron chi connectivity index (χ1n) is 10.1. The van der Waals surface area contributed by atoms with E-state index in [9.17, 15) is 13.2 Å². The molecule has 0 saturated heterocycles. The van der Waals surface area contributed by atoms with Crippen LogP contribution in [0.3, 0.4) is 0 Å². The fourth-order valence-corrected chi connectivity index (χ4v) is 4.63. The lowest BCUT2D eigenvalue weighted by molar-refractivity contribution is 0.0913. The zero-order valence-corrected chi connectivity index (χ0v) is 18.0. The maximum Gasteiger partial charge on any atom is 0.251 e. The Morgan fingerprint density at radius 2 is 1.97 bits per heavy atom. The predicted molar refractivity (Wildman–Crippen MR) is 108 cm³/mol. The van der Waals surface area contributed by atoms with Crippen LogP contribution in [0.1, 0.15) is 73.6 Å². The van der Waals surface area contributed by atoms with Gasteiger partial charge in [-0.2, -0.15) is 4.98 Å². The van der Waals surface area contributed by atoms with Gasteiger partial charge in [-0.25, -0.2) is 13.1 Å². The van der Waals surface area contributed by atoms with Gasteiger partial charge >= 0.3 is 0 Å². The maximum atomic E-state index is 12.9. The van der Waals surface area contributed by atoms with Crippen molar-refractivity contribution < 1.29 is 22.5 Å². The Labute approximate surface area is 175 Å². The highest BCUT2D eigenvalue weighted by molar-refractivity contribution is 7.89. The number of nitrogens with one attached hydrogen (secondary N) is 2. The van der Waals surface area contributed by atoms with Crippen LogP contribution >= 0.6 is 0 Å². The van der Waals surface area contributed by atoms with Crippen LogP contribution in [0.25, 0.3) is 0 Å². The van der Waals surface area contributed by atoms with E-state index in [4.69, 9.17) is 9.26 Å². The number of carbonyl (C=O) groups excluding carboxylic acids is 1. The van der Waals surface area contributed by atoms with E-state index < -0.39 is 22.0 Å². The molecule has 2 saturated carbocycles. The van der Waals surface area contributed by atoms with E-state index in [2.05, 4.69) is 20.2 Å². The number of aromatic nitrogens is 2. The SMILES string of the molecule is COc1ccc(C(=O)NC(c2nc(C3CC3)no2)C(C)C)cc1S(=O)(=O)NC1CC1. The number of carbonyl (C=O) groups is 1. The Morgan fingerprint density at radius 1 is 1.23 bits per heavy atom. The number of benzene rings is 1. The summed E-state index contributed by atoms with van der Waals surface area (Å²) in [7, 11) is -2.39. The van der Waals surface area contributed by atoms with E-state index in [0.29, 0.717) is 17.6 Å². The molecule has 10 heteroatoms. The second kappa shape index (κ2) is 7.99. The zero-order valence-electron chi connectivity index (χ0n) is 17.2. The van der Waals surface area contributed by atoms with Crippen LogP contribution in [0.2, 0.25) is 0 Å². The van der Waals surface area contributed by atoms with Crippen molar-refractivity contribution >= 4 is 15.9 Å². The minimum Gasteiger partial charge on any atom is -0.495 e. The van der Waals surface area contributed by atoms with Crippen LogP contribution < -0.4 is 14.8 Å². The quantitative estimate of drug-likeness (QED) is 0.621. The summed E-state index contributed by atoms with van der Waals surface area (Å²) in [4.78, 5) is 17.3. The smallest absolute Gasteiger partial charge is 0.251 e. The lowest BCUT2D eigenvalue weighted by Gasteiger charge is -2.19. The van der Waals surface area contributed by atoms with Crippen molar-refractivity contribution in [2.75, 3.05) is 7.11 Å². The van der Waals surface area contributed by atoms with E-state index in [0.717, 1.165) is 25.7 Å². The molecule has 0 bridgehead atoms. The van der Waals surface area contributed by atoms with Crippen LogP contribution in [-0.2, 0) is 10.0 Å². The summed E-state index contributed by atoms with van der Waals surface area (Å²) >= 11 is 0. The van der Waals surface area contributed by atoms with E-state index in [-0.39, 0.29) is 28.2 Å². The molecule has 1 amide bonds. The highest BCUT2D eigenvalue weighted by atomic mass is 32.2. The largest absolute Gasteiger partial charge is 0.495 e. The molecule has 30 heavy (non-hydrogen) atoms. The first-order chi connectivity index (χ1) is 14.3. The van der Waals surface area contributed by atoms with Crippen molar-refractivity contribution in [3.63, 3.8) is 0 Å². The Morgan fingerprint density at radius 3 is 2.57 bits per heavy atom. The molecule has 0 aliphatic heterocycles. The molecule has 2 aromatic rings. The minimum absolute atomic E-state index is 0.000521. The van der Waals surface area contributed by atoms with Gasteiger partial charge in [-0.1, -0.05) is 19.0 Å². The number of nitrogens with zero attached hydrogens (tertiary/aromatic N) is 2. The van der Waals surface area contributed by atoms with Gasteiger partial charge in [0.25, 0.3) is 5.91 Å². The van der Waals surface area contributed by atoms with Gasteiger partial charge in [0.05, 0.1) is 7.11 Å². The highest BCUT2D eigenvalue weighted by Gasteiger charge is 2.33. The number of ether oxygens (including phenoxy) is 1. The number of hydrogen-bond acceptors (Lipinski definition) is 7. The van der Waals surface area contributed by atoms with E-state index >= 15 is 0 Å². The van der Waals surface area contributed by atoms with Crippen molar-refractivity contribution in [3.05, 3.63) is 35.5 Å². The first kappa shape index (κ1) is 20.8. The van der Waals surface area contributed by atoms with Gasteiger partial charge in [0.15, 0.2) is 5.82 Å². The van der Waals surface area contributed by atoms with Crippen LogP contribution in [0.5, 0.6) is 5.75 Å². The van der Waals surface area contributed by atoms with Gasteiger partial charge in [-0.3, -0.25) is 4.79 Å². The predicted octanol–water partition coefficient (Wildman–Crippen LogP) is 2.52. The lowest BCUT2D eigenvalue weighted by atomic mass is 10.0. The Balaban J connectivity index is 1.57. The monoisotopic (exact) mass is 434 g/mol. The molecule has 1 unspecified atom stereocenters. The van der Waals surface area contributed by atoms with Crippen LogP contribution in [-0.4, -0.2) is 37.6 Å². The molecule has 1 aromatic carbocycles. The number of rotatable bonds is 9. The summed E-state index contributed by atoms with van der Waals surface area (Å²) in [6.07, 6.45) is 3.72. The topological polar surface area (TPSA) is 123 Å². The molecule has 1 atom stereocenters. The molecule has 1 heterocycles. The number of amides is 1. The maximum absolute atomic E-state index is 12.9. The van der Waals surface area contributed by atoms with Gasteiger partial charge in [0.2, 0.25) is 15.9 Å². The third kappa shape index (κ3) is 4.49. The van der Waals surface area contributed by atoms with Gasteiger partial charge in [-0.05, 0) is 49.8 Å². The fraction of sp³-hybridized carbons (Fsp3) is 0.550. The summed E-state index contributed by atoms with van der Waals surface area (Å²) in [6, 6.07) is 3.81. The average molecular weight is 435 g/mol. The third-order valence-corrected chi connectivity index (χ3v) is 6.78. The summed E-state index contributed by atoms with van der Waals surface area (Å²) in [5.74, 6) is 1.14. The van der Waals surface area contributed by atoms with Gasteiger partial charge in [-0.15, -0.1) is 0 Å². The van der Waals surface area contributed by atoms with Crippen LogP contribution in [0, 0.1) is 5.92 Å². The molecule has 2 N–H and O–H groups in total. The Bertz CT molecular complexity index is 1040. The molecule has 0 spiro atoms. The molecule has 0 radical (unpaired) electrons. The molecule has 1 aromatic heterocycles. The third-order valence-electron chi connectivity index (χ3n) is 5.23. The summed E-state index contributed by atoms with van der Waals surface area (Å²) in [6.45, 7) is 3.88. The van der Waals surface area contributed by atoms with Crippen molar-refractivity contribution in [1.82, 2.24) is 20.2 Å². The summed E-state index contributed by atoms with van der Waals surface area (Å²) < 4.78 is 38.6. The zero-order chi connectivity index (χ0) is 21.5. The van der Waals surface area contributed by atoms with Gasteiger partial charge in [0.1, 0.15) is 16.7 Å². The van der Waals surface area contributed by atoms with Crippen molar-refractivity contribution in [3.8, 4) is 5.75 Å². The van der Waals surface area contributed by atoms with Gasteiger partial charge in [0, 0.05) is 17.5 Å². The summed E-state index contributed by atoms with van der Waals surface area (Å²) in [5, 5.41) is 6.92. The van der Waals surface area contributed by atoms with Crippen LogP contribution in [0.4, 0.5) is 0 Å². The average Bonchev–Trinajstić information content (AvgIpc) is 3.65. The molecule has 162 valence electrons.